The van der Waals surface area contributed by atoms with Crippen LogP contribution in [0, 0.1) is 0 Å². The van der Waals surface area contributed by atoms with Gasteiger partial charge in [-0.25, -0.2) is 0 Å². The summed E-state index contributed by atoms with van der Waals surface area (Å²) in [4.78, 5) is 1.35. The summed E-state index contributed by atoms with van der Waals surface area (Å²) in [5, 5.41) is 58.6. The maximum Gasteiger partial charge on any atom is 0.501 e. The van der Waals surface area contributed by atoms with E-state index < -0.39 is 65.1 Å². The molecule has 14 N–H and O–H groups in total. The zero-order chi connectivity index (χ0) is 36.2. The number of nitrogens with two attached hydrogens (primary N) is 2. The SMILES string of the molecule is CCCCCCCCCCCCCCCCCC[NH+](C)CCC[Si](OCC(N)(CO)CO)(OCC(N)(CO)CO)OCC([NH3+])(CO)CO. The number of unbranched alkanes of at least 4 members (excludes halogenated alkanes) is 15. The summed E-state index contributed by atoms with van der Waals surface area (Å²) in [6.07, 6.45) is 22.0. The first-order valence-electron chi connectivity index (χ1n) is 18.8. The van der Waals surface area contributed by atoms with Crippen LogP contribution in [0.1, 0.15) is 116 Å². The van der Waals surface area contributed by atoms with Crippen molar-refractivity contribution in [2.24, 2.45) is 11.5 Å². The van der Waals surface area contributed by atoms with Crippen molar-refractivity contribution in [3.63, 3.8) is 0 Å². The second-order valence-corrected chi connectivity index (χ2v) is 17.3. The van der Waals surface area contributed by atoms with Crippen LogP contribution in [-0.4, -0.2) is 136 Å². The fourth-order valence-corrected chi connectivity index (χ4v) is 8.08. The largest absolute Gasteiger partial charge is 0.501 e. The summed E-state index contributed by atoms with van der Waals surface area (Å²) < 4.78 is 18.5. The van der Waals surface area contributed by atoms with Crippen LogP contribution in [0.2, 0.25) is 6.04 Å². The summed E-state index contributed by atoms with van der Waals surface area (Å²) in [6, 6.07) is 0.302. The molecule has 0 aromatic carbocycles. The van der Waals surface area contributed by atoms with E-state index in [0.717, 1.165) is 19.5 Å². The minimum atomic E-state index is -3.75. The van der Waals surface area contributed by atoms with Gasteiger partial charge in [-0.05, 0) is 12.8 Å². The van der Waals surface area contributed by atoms with Crippen molar-refractivity contribution in [3.05, 3.63) is 0 Å². The lowest BCUT2D eigenvalue weighted by molar-refractivity contribution is -0.879. The van der Waals surface area contributed by atoms with Gasteiger partial charge in [-0.1, -0.05) is 96.8 Å². The Morgan fingerprint density at radius 2 is 0.854 bits per heavy atom. The summed E-state index contributed by atoms with van der Waals surface area (Å²) in [6.45, 7) is 0.143. The van der Waals surface area contributed by atoms with Crippen LogP contribution in [0.25, 0.3) is 0 Å². The number of hydrogen-bond donors (Lipinski definition) is 10. The molecule has 0 fully saturated rings. The third-order valence-corrected chi connectivity index (χ3v) is 11.9. The lowest BCUT2D eigenvalue weighted by Crippen LogP contribution is -3.09. The van der Waals surface area contributed by atoms with Gasteiger partial charge >= 0.3 is 8.80 Å². The highest BCUT2D eigenvalue weighted by molar-refractivity contribution is 6.60. The van der Waals surface area contributed by atoms with E-state index >= 15 is 0 Å². The highest BCUT2D eigenvalue weighted by Gasteiger charge is 2.47. The molecule has 0 spiro atoms. The van der Waals surface area contributed by atoms with E-state index in [9.17, 15) is 30.6 Å². The molecule has 0 aliphatic rings. The maximum atomic E-state index is 9.79. The molecule has 0 amide bonds. The smallest absolute Gasteiger partial charge is 0.394 e. The zero-order valence-corrected chi connectivity index (χ0v) is 31.8. The van der Waals surface area contributed by atoms with Gasteiger partial charge in [0.2, 0.25) is 0 Å². The van der Waals surface area contributed by atoms with Crippen LogP contribution in [0.3, 0.4) is 0 Å². The van der Waals surface area contributed by atoms with Gasteiger partial charge in [-0.3, -0.25) is 0 Å². The number of rotatable bonds is 36. The Bertz CT molecular complexity index is 678. The fraction of sp³-hybridized carbons (Fsp3) is 1.00. The second-order valence-electron chi connectivity index (χ2n) is 14.6. The topological polar surface area (TPSA) is 233 Å². The lowest BCUT2D eigenvalue weighted by Gasteiger charge is -2.37. The Balaban J connectivity index is 4.80. The molecule has 0 aromatic rings. The van der Waals surface area contributed by atoms with Gasteiger partial charge in [0.05, 0.1) is 77.5 Å². The number of hydrogen-bond acceptors (Lipinski definition) is 11. The molecule has 14 heteroatoms. The summed E-state index contributed by atoms with van der Waals surface area (Å²) in [5.41, 5.74) is 11.9. The molecule has 290 valence electrons. The van der Waals surface area contributed by atoms with Crippen molar-refractivity contribution >= 4 is 8.80 Å². The average molecular weight is 715 g/mol. The van der Waals surface area contributed by atoms with Crippen LogP contribution in [0.5, 0.6) is 0 Å². The summed E-state index contributed by atoms with van der Waals surface area (Å²) >= 11 is 0. The van der Waals surface area contributed by atoms with Crippen molar-refractivity contribution in [3.8, 4) is 0 Å². The molecular weight excluding hydrogens is 636 g/mol. The number of nitrogens with one attached hydrogen (secondary N) is 1. The molecule has 48 heavy (non-hydrogen) atoms. The van der Waals surface area contributed by atoms with E-state index in [1.807, 2.05) is 0 Å². The third kappa shape index (κ3) is 22.5. The van der Waals surface area contributed by atoms with Gasteiger partial charge in [0.25, 0.3) is 0 Å². The molecule has 0 heterocycles. The van der Waals surface area contributed by atoms with Gasteiger partial charge in [-0.15, -0.1) is 0 Å². The van der Waals surface area contributed by atoms with E-state index in [-0.39, 0.29) is 19.8 Å². The van der Waals surface area contributed by atoms with Crippen molar-refractivity contribution in [2.75, 3.05) is 79.6 Å². The molecular formula is C34H78N4O9Si+2. The summed E-state index contributed by atoms with van der Waals surface area (Å²) in [5.74, 6) is 0. The second kappa shape index (κ2) is 28.3. The molecule has 0 saturated heterocycles. The zero-order valence-electron chi connectivity index (χ0n) is 30.8. The monoisotopic (exact) mass is 715 g/mol. The Morgan fingerprint density at radius 3 is 1.21 bits per heavy atom. The molecule has 0 radical (unpaired) electrons. The predicted octanol–water partition coefficient (Wildman–Crippen LogP) is -0.529. The van der Waals surface area contributed by atoms with Gasteiger partial charge in [0.15, 0.2) is 5.54 Å². The molecule has 1 atom stereocenters. The van der Waals surface area contributed by atoms with Gasteiger partial charge in [-0.2, -0.15) is 0 Å². The van der Waals surface area contributed by atoms with Crippen LogP contribution in [-0.2, 0) is 13.3 Å². The van der Waals surface area contributed by atoms with E-state index in [0.29, 0.717) is 12.5 Å². The van der Waals surface area contributed by atoms with E-state index in [4.69, 9.17) is 24.7 Å². The Labute approximate surface area is 292 Å². The number of aliphatic hydroxyl groups excluding tert-OH is 6. The molecule has 0 rings (SSSR count). The van der Waals surface area contributed by atoms with E-state index in [1.54, 1.807) is 0 Å². The van der Waals surface area contributed by atoms with Crippen LogP contribution >= 0.6 is 0 Å². The Hall–Kier alpha value is -0.303. The molecule has 0 aliphatic heterocycles. The van der Waals surface area contributed by atoms with Gasteiger partial charge in [0, 0.05) is 12.5 Å². The van der Waals surface area contributed by atoms with Crippen molar-refractivity contribution in [2.45, 2.75) is 139 Å². The Kier molecular flexibility index (Phi) is 28.1. The quantitative estimate of drug-likeness (QED) is 0.0293. The first kappa shape index (κ1) is 47.7. The molecule has 1 unspecified atom stereocenters. The lowest BCUT2D eigenvalue weighted by atomic mass is 10.0. The van der Waals surface area contributed by atoms with Crippen LogP contribution in [0.15, 0.2) is 0 Å². The average Bonchev–Trinajstić information content (AvgIpc) is 3.11. The minimum Gasteiger partial charge on any atom is -0.394 e. The maximum absolute atomic E-state index is 9.79. The minimum absolute atomic E-state index is 0.209. The predicted molar refractivity (Wildman–Crippen MR) is 191 cm³/mol. The van der Waals surface area contributed by atoms with Crippen LogP contribution in [0.4, 0.5) is 0 Å². The van der Waals surface area contributed by atoms with Crippen molar-refractivity contribution in [1.82, 2.24) is 0 Å². The molecule has 0 bridgehead atoms. The molecule has 0 aromatic heterocycles. The first-order chi connectivity index (χ1) is 22.9. The highest BCUT2D eigenvalue weighted by atomic mass is 28.4. The van der Waals surface area contributed by atoms with E-state index in [2.05, 4.69) is 19.7 Å². The van der Waals surface area contributed by atoms with Gasteiger partial charge < -0.3 is 66.0 Å². The van der Waals surface area contributed by atoms with Gasteiger partial charge in [0.1, 0.15) is 13.2 Å². The van der Waals surface area contributed by atoms with E-state index in [1.165, 1.54) is 101 Å². The number of quaternary nitrogens is 2. The standard InChI is InChI=1S/C34H76N4O9Si/c1-3-4-5-6-7-8-9-10-11-12-13-14-15-16-17-18-20-38(2)21-19-22-48(45-29-32(35,23-39)24-40,46-30-33(36,25-41)26-42)47-31-34(37,27-43)28-44/h39-44H,3-31,35-37H2,1-2H3/p+2. The normalized spacial score (nSPS) is 13.8. The summed E-state index contributed by atoms with van der Waals surface area (Å²) in [7, 11) is -1.61. The van der Waals surface area contributed by atoms with Crippen LogP contribution < -0.4 is 22.1 Å². The highest BCUT2D eigenvalue weighted by Crippen LogP contribution is 2.23. The third-order valence-electron chi connectivity index (χ3n) is 9.23. The van der Waals surface area contributed by atoms with Crippen molar-refractivity contribution < 1.29 is 54.6 Å². The number of aliphatic hydroxyl groups is 6. The first-order valence-corrected chi connectivity index (χ1v) is 20.7. The molecule has 0 aliphatic carbocycles. The molecule has 0 saturated carbocycles. The molecule has 13 nitrogen and oxygen atoms in total. The Morgan fingerprint density at radius 1 is 0.521 bits per heavy atom. The fourth-order valence-electron chi connectivity index (χ4n) is 5.24. The van der Waals surface area contributed by atoms with Crippen molar-refractivity contribution in [1.29, 1.82) is 0 Å².